The van der Waals surface area contributed by atoms with Gasteiger partial charge in [0, 0.05) is 41.3 Å². The number of hydrogen-bond donors (Lipinski definition) is 3. The summed E-state index contributed by atoms with van der Waals surface area (Å²) in [6.07, 6.45) is 7.18. The lowest BCUT2D eigenvalue weighted by Crippen LogP contribution is -2.53. The highest BCUT2D eigenvalue weighted by molar-refractivity contribution is 6.06. The van der Waals surface area contributed by atoms with Crippen molar-refractivity contribution in [2.75, 3.05) is 5.32 Å². The maximum absolute atomic E-state index is 12.9. The number of nitrogens with zero attached hydrogens (tertiary/aromatic N) is 2. The van der Waals surface area contributed by atoms with Crippen LogP contribution in [0, 0.1) is 5.41 Å². The molecule has 2 aromatic heterocycles. The average molecular weight is 369 g/mol. The molecule has 0 aliphatic carbocycles. The monoisotopic (exact) mass is 369 g/mol. The van der Waals surface area contributed by atoms with E-state index in [2.05, 4.69) is 20.2 Å². The minimum absolute atomic E-state index is 0.199. The third-order valence-electron chi connectivity index (χ3n) is 5.81. The molecule has 0 saturated carbocycles. The highest BCUT2D eigenvalue weighted by atomic mass is 16.2. The van der Waals surface area contributed by atoms with Gasteiger partial charge in [0.15, 0.2) is 0 Å². The number of H-pyrrole nitrogens is 1. The Labute approximate surface area is 158 Å². The average Bonchev–Trinajstić information content (AvgIpc) is 3.16. The number of nitrogens with two attached hydrogens (primary N) is 1. The highest BCUT2D eigenvalue weighted by Crippen LogP contribution is 2.40. The summed E-state index contributed by atoms with van der Waals surface area (Å²) in [6, 6.07) is 2.62. The number of rotatable bonds is 3. The van der Waals surface area contributed by atoms with Crippen molar-refractivity contribution < 1.29 is 9.59 Å². The van der Waals surface area contributed by atoms with Crippen molar-refractivity contribution in [2.45, 2.75) is 64.6 Å². The van der Waals surface area contributed by atoms with Crippen molar-refractivity contribution in [1.29, 1.82) is 0 Å². The van der Waals surface area contributed by atoms with Gasteiger partial charge in [-0.25, -0.2) is 4.98 Å². The van der Waals surface area contributed by atoms with Crippen LogP contribution < -0.4 is 11.1 Å². The van der Waals surface area contributed by atoms with Gasteiger partial charge < -0.3 is 20.9 Å². The molecular formula is C20H27N5O2. The third-order valence-corrected chi connectivity index (χ3v) is 5.81. The summed E-state index contributed by atoms with van der Waals surface area (Å²) in [5.41, 5.74) is 7.09. The molecule has 2 aromatic rings. The first-order valence-corrected chi connectivity index (χ1v) is 9.61. The molecule has 2 amide bonds. The van der Waals surface area contributed by atoms with E-state index < -0.39 is 5.91 Å². The van der Waals surface area contributed by atoms with Gasteiger partial charge in [0.2, 0.25) is 5.91 Å². The molecule has 4 heterocycles. The van der Waals surface area contributed by atoms with E-state index in [4.69, 9.17) is 5.73 Å². The number of carbonyl (C=O) groups is 2. The number of fused-ring (bicyclic) bond motifs is 3. The summed E-state index contributed by atoms with van der Waals surface area (Å²) in [5, 5.41) is 4.43. The number of nitrogens with one attached hydrogen (secondary N) is 2. The number of piperidine rings is 1. The maximum Gasteiger partial charge on any atom is 0.252 e. The van der Waals surface area contributed by atoms with Gasteiger partial charge in [-0.15, -0.1) is 0 Å². The Kier molecular flexibility index (Phi) is 4.13. The second-order valence-corrected chi connectivity index (χ2v) is 8.81. The first-order chi connectivity index (χ1) is 12.8. The quantitative estimate of drug-likeness (QED) is 0.773. The Morgan fingerprint density at radius 3 is 2.52 bits per heavy atom. The van der Waals surface area contributed by atoms with Crippen molar-refractivity contribution in [1.82, 2.24) is 14.9 Å². The molecule has 2 atom stereocenters. The lowest BCUT2D eigenvalue weighted by molar-refractivity contribution is -0.144. The van der Waals surface area contributed by atoms with E-state index >= 15 is 0 Å². The van der Waals surface area contributed by atoms with Crippen LogP contribution in [0.5, 0.6) is 0 Å². The molecule has 4 rings (SSSR count). The molecule has 0 spiro atoms. The minimum atomic E-state index is -0.489. The van der Waals surface area contributed by atoms with Crippen LogP contribution in [0.4, 0.5) is 5.69 Å². The molecule has 0 aromatic carbocycles. The van der Waals surface area contributed by atoms with Crippen LogP contribution in [0.3, 0.4) is 0 Å². The standard InChI is InChI=1S/C20H27N5O2/c1-20(2,3)19(27)25-12-4-5-13(25)9-11(8-12)24-16-14-6-7-22-18(14)23-10-15(16)17(21)26/h6-7,10-13H,4-5,8-9H2,1-3H3,(H2,21,26)(H2,22,23,24)/t12-,13-/m0/s1. The van der Waals surface area contributed by atoms with Gasteiger partial charge >= 0.3 is 0 Å². The van der Waals surface area contributed by atoms with E-state index in [0.29, 0.717) is 5.56 Å². The zero-order valence-electron chi connectivity index (χ0n) is 16.1. The van der Waals surface area contributed by atoms with Gasteiger partial charge in [-0.1, -0.05) is 20.8 Å². The van der Waals surface area contributed by atoms with Crippen LogP contribution in [-0.2, 0) is 4.79 Å². The fourth-order valence-corrected chi connectivity index (χ4v) is 4.57. The van der Waals surface area contributed by atoms with Crippen LogP contribution in [0.15, 0.2) is 18.5 Å². The zero-order chi connectivity index (χ0) is 19.3. The summed E-state index contributed by atoms with van der Waals surface area (Å²) in [7, 11) is 0. The number of pyridine rings is 1. The van der Waals surface area contributed by atoms with E-state index in [9.17, 15) is 9.59 Å². The number of amides is 2. The molecule has 7 heteroatoms. The van der Waals surface area contributed by atoms with E-state index in [1.807, 2.05) is 33.0 Å². The molecular weight excluding hydrogens is 342 g/mol. The molecule has 2 fully saturated rings. The summed E-state index contributed by atoms with van der Waals surface area (Å²) in [4.78, 5) is 34.2. The number of carbonyl (C=O) groups excluding carboxylic acids is 2. The predicted molar refractivity (Wildman–Crippen MR) is 104 cm³/mol. The topological polar surface area (TPSA) is 104 Å². The number of aromatic amines is 1. The normalized spacial score (nSPS) is 25.0. The molecule has 0 unspecified atom stereocenters. The van der Waals surface area contributed by atoms with E-state index in [1.165, 1.54) is 6.20 Å². The van der Waals surface area contributed by atoms with Gasteiger partial charge in [-0.05, 0) is 31.7 Å². The Morgan fingerprint density at radius 2 is 1.93 bits per heavy atom. The van der Waals surface area contributed by atoms with Crippen molar-refractivity contribution in [2.24, 2.45) is 11.1 Å². The van der Waals surface area contributed by atoms with Crippen LogP contribution >= 0.6 is 0 Å². The van der Waals surface area contributed by atoms with Crippen molar-refractivity contribution >= 4 is 28.5 Å². The molecule has 27 heavy (non-hydrogen) atoms. The van der Waals surface area contributed by atoms with Gasteiger partial charge in [-0.3, -0.25) is 9.59 Å². The SMILES string of the molecule is CC(C)(C)C(=O)N1[C@H]2CC[C@H]1CC(Nc1c(C(N)=O)cnc3[nH]ccc13)C2. The molecule has 144 valence electrons. The van der Waals surface area contributed by atoms with E-state index in [0.717, 1.165) is 42.4 Å². The highest BCUT2D eigenvalue weighted by Gasteiger charge is 2.45. The number of anilines is 1. The van der Waals surface area contributed by atoms with Crippen molar-refractivity contribution in [3.05, 3.63) is 24.0 Å². The third kappa shape index (κ3) is 3.05. The minimum Gasteiger partial charge on any atom is -0.381 e. The Hall–Kier alpha value is -2.57. The molecule has 0 radical (unpaired) electrons. The van der Waals surface area contributed by atoms with Gasteiger partial charge in [0.05, 0.1) is 11.3 Å². The fourth-order valence-electron chi connectivity index (χ4n) is 4.57. The Bertz CT molecular complexity index is 883. The smallest absolute Gasteiger partial charge is 0.252 e. The summed E-state index contributed by atoms with van der Waals surface area (Å²) < 4.78 is 0. The fraction of sp³-hybridized carbons (Fsp3) is 0.550. The summed E-state index contributed by atoms with van der Waals surface area (Å²) in [6.45, 7) is 5.95. The lowest BCUT2D eigenvalue weighted by Gasteiger charge is -2.42. The van der Waals surface area contributed by atoms with E-state index in [1.54, 1.807) is 0 Å². The number of aromatic nitrogens is 2. The van der Waals surface area contributed by atoms with Crippen LogP contribution in [0.25, 0.3) is 11.0 Å². The first kappa shape index (κ1) is 17.8. The van der Waals surface area contributed by atoms with Crippen molar-refractivity contribution in [3.8, 4) is 0 Å². The number of primary amides is 1. The van der Waals surface area contributed by atoms with Crippen LogP contribution in [-0.4, -0.2) is 44.8 Å². The van der Waals surface area contributed by atoms with Crippen LogP contribution in [0.1, 0.15) is 56.8 Å². The lowest BCUT2D eigenvalue weighted by atomic mass is 9.89. The molecule has 2 bridgehead atoms. The largest absolute Gasteiger partial charge is 0.381 e. The Morgan fingerprint density at radius 1 is 1.26 bits per heavy atom. The zero-order valence-corrected chi connectivity index (χ0v) is 16.1. The number of hydrogen-bond acceptors (Lipinski definition) is 4. The van der Waals surface area contributed by atoms with E-state index in [-0.39, 0.29) is 29.4 Å². The summed E-state index contributed by atoms with van der Waals surface area (Å²) >= 11 is 0. The van der Waals surface area contributed by atoms with Crippen molar-refractivity contribution in [3.63, 3.8) is 0 Å². The molecule has 4 N–H and O–H groups in total. The molecule has 2 aliphatic heterocycles. The Balaban J connectivity index is 1.59. The molecule has 2 saturated heterocycles. The van der Waals surface area contributed by atoms with Crippen LogP contribution in [0.2, 0.25) is 0 Å². The summed E-state index contributed by atoms with van der Waals surface area (Å²) in [5.74, 6) is -0.250. The maximum atomic E-state index is 12.9. The second kappa shape index (κ2) is 6.25. The van der Waals surface area contributed by atoms with Gasteiger partial charge in [0.1, 0.15) is 5.65 Å². The molecule has 2 aliphatic rings. The van der Waals surface area contributed by atoms with Gasteiger partial charge in [-0.2, -0.15) is 0 Å². The first-order valence-electron chi connectivity index (χ1n) is 9.61. The predicted octanol–water partition coefficient (Wildman–Crippen LogP) is 2.64. The molecule has 7 nitrogen and oxygen atoms in total. The van der Waals surface area contributed by atoms with Gasteiger partial charge in [0.25, 0.3) is 5.91 Å². The second-order valence-electron chi connectivity index (χ2n) is 8.81.